The number of aryl methyl sites for hydroxylation is 1. The summed E-state index contributed by atoms with van der Waals surface area (Å²) in [6, 6.07) is 11.9. The van der Waals surface area contributed by atoms with Gasteiger partial charge in [-0.05, 0) is 50.1 Å². The first kappa shape index (κ1) is 24.5. The summed E-state index contributed by atoms with van der Waals surface area (Å²) in [5.41, 5.74) is 2.03. The van der Waals surface area contributed by atoms with Crippen molar-refractivity contribution < 1.29 is 22.7 Å². The van der Waals surface area contributed by atoms with Crippen LogP contribution in [0, 0.1) is 6.92 Å². The standard InChI is InChI=1S/C25H33N3O5S/c1-19-6-9-22(10-7-19)34(30,31)28-12-4-5-23(28)25(29)27-15-13-26(14-16-27)18-20-17-21(32-2)8-11-24(20)33-3/h6-11,17,23H,4-5,12-16,18H2,1-3H3/t23-/m0/s1. The second-order valence-corrected chi connectivity index (χ2v) is 10.8. The first-order chi connectivity index (χ1) is 16.3. The third-order valence-corrected chi connectivity index (χ3v) is 8.60. The molecule has 184 valence electrons. The van der Waals surface area contributed by atoms with Gasteiger partial charge in [0.25, 0.3) is 0 Å². The monoisotopic (exact) mass is 487 g/mol. The second kappa shape index (κ2) is 10.3. The molecule has 1 atom stereocenters. The first-order valence-electron chi connectivity index (χ1n) is 11.6. The van der Waals surface area contributed by atoms with Gasteiger partial charge in [0.2, 0.25) is 15.9 Å². The zero-order chi connectivity index (χ0) is 24.3. The maximum atomic E-state index is 13.4. The van der Waals surface area contributed by atoms with E-state index in [1.54, 1.807) is 38.5 Å². The SMILES string of the molecule is COc1ccc(OC)c(CN2CCN(C(=O)[C@@H]3CCCN3S(=O)(=O)c3ccc(C)cc3)CC2)c1. The molecule has 0 N–H and O–H groups in total. The Bertz CT molecular complexity index is 1110. The molecule has 0 aliphatic carbocycles. The topological polar surface area (TPSA) is 79.4 Å². The van der Waals surface area contributed by atoms with Crippen molar-refractivity contribution >= 4 is 15.9 Å². The van der Waals surface area contributed by atoms with E-state index < -0.39 is 16.1 Å². The minimum atomic E-state index is -3.70. The Morgan fingerprint density at radius 2 is 1.68 bits per heavy atom. The van der Waals surface area contributed by atoms with Crippen LogP contribution < -0.4 is 9.47 Å². The summed E-state index contributed by atoms with van der Waals surface area (Å²) in [6.07, 6.45) is 1.25. The van der Waals surface area contributed by atoms with Crippen LogP contribution in [0.5, 0.6) is 11.5 Å². The van der Waals surface area contributed by atoms with E-state index in [1.807, 2.05) is 30.0 Å². The summed E-state index contributed by atoms with van der Waals surface area (Å²) < 4.78 is 38.7. The van der Waals surface area contributed by atoms with Crippen LogP contribution in [0.15, 0.2) is 47.4 Å². The number of nitrogens with zero attached hydrogens (tertiary/aromatic N) is 3. The lowest BCUT2D eigenvalue weighted by atomic mass is 10.1. The molecule has 1 amide bonds. The molecule has 0 bridgehead atoms. The Kier molecular flexibility index (Phi) is 7.45. The predicted octanol–water partition coefficient (Wildman–Crippen LogP) is 2.51. The molecule has 8 nitrogen and oxygen atoms in total. The van der Waals surface area contributed by atoms with Gasteiger partial charge in [-0.3, -0.25) is 9.69 Å². The Labute approximate surface area is 202 Å². The van der Waals surface area contributed by atoms with Gasteiger partial charge in [-0.1, -0.05) is 17.7 Å². The molecular weight excluding hydrogens is 454 g/mol. The number of carbonyl (C=O) groups is 1. The lowest BCUT2D eigenvalue weighted by Gasteiger charge is -2.37. The van der Waals surface area contributed by atoms with E-state index in [-0.39, 0.29) is 10.8 Å². The van der Waals surface area contributed by atoms with Crippen molar-refractivity contribution in [1.82, 2.24) is 14.1 Å². The molecule has 2 heterocycles. The van der Waals surface area contributed by atoms with Crippen molar-refractivity contribution in [2.75, 3.05) is 46.9 Å². The number of hydrogen-bond donors (Lipinski definition) is 0. The maximum absolute atomic E-state index is 13.4. The number of sulfonamides is 1. The summed E-state index contributed by atoms with van der Waals surface area (Å²) in [5.74, 6) is 1.50. The summed E-state index contributed by atoms with van der Waals surface area (Å²) in [6.45, 7) is 5.55. The van der Waals surface area contributed by atoms with Gasteiger partial charge in [0.1, 0.15) is 17.5 Å². The first-order valence-corrected chi connectivity index (χ1v) is 13.1. The molecule has 2 aromatic rings. The zero-order valence-corrected chi connectivity index (χ0v) is 20.9. The van der Waals surface area contributed by atoms with Gasteiger partial charge >= 0.3 is 0 Å². The van der Waals surface area contributed by atoms with Gasteiger partial charge < -0.3 is 14.4 Å². The number of carbonyl (C=O) groups excluding carboxylic acids is 1. The fourth-order valence-corrected chi connectivity index (χ4v) is 6.35. The van der Waals surface area contributed by atoms with E-state index in [0.29, 0.717) is 52.1 Å². The summed E-state index contributed by atoms with van der Waals surface area (Å²) in [7, 11) is -0.412. The molecule has 34 heavy (non-hydrogen) atoms. The molecule has 2 saturated heterocycles. The molecule has 0 radical (unpaired) electrons. The maximum Gasteiger partial charge on any atom is 0.243 e. The van der Waals surface area contributed by atoms with E-state index in [0.717, 1.165) is 22.6 Å². The second-order valence-electron chi connectivity index (χ2n) is 8.87. The van der Waals surface area contributed by atoms with Gasteiger partial charge in [0.15, 0.2) is 0 Å². The number of piperazine rings is 1. The quantitative estimate of drug-likeness (QED) is 0.597. The molecular formula is C25H33N3O5S. The zero-order valence-electron chi connectivity index (χ0n) is 20.1. The van der Waals surface area contributed by atoms with Crippen molar-refractivity contribution in [1.29, 1.82) is 0 Å². The lowest BCUT2D eigenvalue weighted by molar-refractivity contribution is -0.136. The van der Waals surface area contributed by atoms with Gasteiger partial charge in [0.05, 0.1) is 19.1 Å². The van der Waals surface area contributed by atoms with Crippen LogP contribution in [0.4, 0.5) is 0 Å². The van der Waals surface area contributed by atoms with Gasteiger partial charge in [-0.2, -0.15) is 4.31 Å². The fraction of sp³-hybridized carbons (Fsp3) is 0.480. The minimum absolute atomic E-state index is 0.0909. The smallest absolute Gasteiger partial charge is 0.243 e. The molecule has 0 spiro atoms. The third kappa shape index (κ3) is 5.06. The van der Waals surface area contributed by atoms with E-state index in [9.17, 15) is 13.2 Å². The minimum Gasteiger partial charge on any atom is -0.497 e. The van der Waals surface area contributed by atoms with Gasteiger partial charge in [-0.15, -0.1) is 0 Å². The Hall–Kier alpha value is -2.62. The predicted molar refractivity (Wildman–Crippen MR) is 129 cm³/mol. The number of hydrogen-bond acceptors (Lipinski definition) is 6. The Balaban J connectivity index is 1.40. The van der Waals surface area contributed by atoms with Gasteiger partial charge in [-0.25, -0.2) is 8.42 Å². The highest BCUT2D eigenvalue weighted by molar-refractivity contribution is 7.89. The lowest BCUT2D eigenvalue weighted by Crippen LogP contribution is -2.54. The number of ether oxygens (including phenoxy) is 2. The van der Waals surface area contributed by atoms with Crippen LogP contribution in [0.2, 0.25) is 0 Å². The highest BCUT2D eigenvalue weighted by Crippen LogP contribution is 2.29. The van der Waals surface area contributed by atoms with E-state index >= 15 is 0 Å². The van der Waals surface area contributed by atoms with Crippen molar-refractivity contribution in [2.45, 2.75) is 37.2 Å². The van der Waals surface area contributed by atoms with Crippen molar-refractivity contribution in [3.8, 4) is 11.5 Å². The van der Waals surface area contributed by atoms with Crippen LogP contribution >= 0.6 is 0 Å². The number of rotatable bonds is 7. The molecule has 0 unspecified atom stereocenters. The number of methoxy groups -OCH3 is 2. The fourth-order valence-electron chi connectivity index (χ4n) is 4.70. The van der Waals surface area contributed by atoms with Crippen molar-refractivity contribution in [3.05, 3.63) is 53.6 Å². The van der Waals surface area contributed by atoms with Crippen LogP contribution in [0.3, 0.4) is 0 Å². The summed E-state index contributed by atoms with van der Waals surface area (Å²) >= 11 is 0. The highest BCUT2D eigenvalue weighted by Gasteiger charge is 2.41. The van der Waals surface area contributed by atoms with Crippen LogP contribution in [0.1, 0.15) is 24.0 Å². The van der Waals surface area contributed by atoms with E-state index in [2.05, 4.69) is 4.90 Å². The molecule has 2 aromatic carbocycles. The van der Waals surface area contributed by atoms with Crippen LogP contribution in [-0.2, 0) is 21.4 Å². The average Bonchev–Trinajstić information content (AvgIpc) is 3.35. The van der Waals surface area contributed by atoms with E-state index in [4.69, 9.17) is 9.47 Å². The van der Waals surface area contributed by atoms with Crippen LogP contribution in [-0.4, -0.2) is 81.4 Å². The number of amides is 1. The molecule has 2 aliphatic rings. The Morgan fingerprint density at radius 1 is 0.971 bits per heavy atom. The normalized spacial score (nSPS) is 19.9. The molecule has 0 aromatic heterocycles. The molecule has 4 rings (SSSR count). The Morgan fingerprint density at radius 3 is 2.32 bits per heavy atom. The summed E-state index contributed by atoms with van der Waals surface area (Å²) in [4.78, 5) is 17.7. The van der Waals surface area contributed by atoms with Crippen molar-refractivity contribution in [3.63, 3.8) is 0 Å². The number of benzene rings is 2. The summed E-state index contributed by atoms with van der Waals surface area (Å²) in [5, 5.41) is 0. The molecule has 0 saturated carbocycles. The van der Waals surface area contributed by atoms with Crippen LogP contribution in [0.25, 0.3) is 0 Å². The third-order valence-electron chi connectivity index (χ3n) is 6.68. The highest BCUT2D eigenvalue weighted by atomic mass is 32.2. The average molecular weight is 488 g/mol. The van der Waals surface area contributed by atoms with Crippen molar-refractivity contribution in [2.24, 2.45) is 0 Å². The largest absolute Gasteiger partial charge is 0.497 e. The van der Waals surface area contributed by atoms with E-state index in [1.165, 1.54) is 4.31 Å². The molecule has 2 aliphatic heterocycles. The van der Waals surface area contributed by atoms with Gasteiger partial charge in [0, 0.05) is 44.8 Å². The molecule has 9 heteroatoms. The molecule has 2 fully saturated rings.